The summed E-state index contributed by atoms with van der Waals surface area (Å²) in [6.45, 7) is 2.00. The molecular weight excluding hydrogens is 184 g/mol. The van der Waals surface area contributed by atoms with E-state index in [4.69, 9.17) is 11.6 Å². The lowest BCUT2D eigenvalue weighted by Crippen LogP contribution is -2.01. The van der Waals surface area contributed by atoms with E-state index in [-0.39, 0.29) is 0 Å². The van der Waals surface area contributed by atoms with Crippen molar-refractivity contribution >= 4 is 11.6 Å². The third kappa shape index (κ3) is 2.19. The van der Waals surface area contributed by atoms with Crippen LogP contribution in [0.4, 0.5) is 0 Å². The van der Waals surface area contributed by atoms with Crippen LogP contribution in [0.1, 0.15) is 29.9 Å². The zero-order valence-electron chi connectivity index (χ0n) is 7.76. The van der Waals surface area contributed by atoms with Gasteiger partial charge in [0.05, 0.1) is 11.6 Å². The first kappa shape index (κ1) is 8.95. The highest BCUT2D eigenvalue weighted by Gasteiger charge is 2.22. The molecule has 1 aromatic heterocycles. The van der Waals surface area contributed by atoms with Crippen LogP contribution in [-0.2, 0) is 12.3 Å². The minimum absolute atomic E-state index is 0.492. The Morgan fingerprint density at radius 2 is 2.31 bits per heavy atom. The first-order chi connectivity index (χ1) is 6.29. The van der Waals surface area contributed by atoms with Crippen molar-refractivity contribution in [1.82, 2.24) is 9.97 Å². The van der Waals surface area contributed by atoms with E-state index in [1.807, 2.05) is 13.1 Å². The summed E-state index contributed by atoms with van der Waals surface area (Å²) >= 11 is 5.77. The molecule has 1 heterocycles. The van der Waals surface area contributed by atoms with Crippen LogP contribution in [-0.4, -0.2) is 9.97 Å². The second kappa shape index (κ2) is 3.62. The Labute approximate surface area is 83.4 Å². The number of hydrogen-bond donors (Lipinski definition) is 0. The molecule has 0 amide bonds. The van der Waals surface area contributed by atoms with E-state index < -0.39 is 0 Å². The van der Waals surface area contributed by atoms with E-state index in [9.17, 15) is 0 Å². The molecule has 1 aliphatic carbocycles. The van der Waals surface area contributed by atoms with Crippen molar-refractivity contribution in [3.63, 3.8) is 0 Å². The predicted molar refractivity (Wildman–Crippen MR) is 52.8 cm³/mol. The van der Waals surface area contributed by atoms with Gasteiger partial charge in [0.2, 0.25) is 0 Å². The Bertz CT molecular complexity index is 308. The van der Waals surface area contributed by atoms with Crippen LogP contribution in [0.5, 0.6) is 0 Å². The van der Waals surface area contributed by atoms with Crippen molar-refractivity contribution in [2.24, 2.45) is 5.92 Å². The second-order valence-electron chi connectivity index (χ2n) is 3.70. The van der Waals surface area contributed by atoms with Crippen molar-refractivity contribution < 1.29 is 0 Å². The van der Waals surface area contributed by atoms with Gasteiger partial charge in [0.25, 0.3) is 0 Å². The van der Waals surface area contributed by atoms with Gasteiger partial charge in [-0.05, 0) is 31.2 Å². The van der Waals surface area contributed by atoms with Crippen molar-refractivity contribution in [3.8, 4) is 0 Å². The molecule has 3 heteroatoms. The van der Waals surface area contributed by atoms with Crippen LogP contribution in [0.2, 0.25) is 0 Å². The van der Waals surface area contributed by atoms with Crippen LogP contribution >= 0.6 is 11.6 Å². The van der Waals surface area contributed by atoms with Gasteiger partial charge >= 0.3 is 0 Å². The topological polar surface area (TPSA) is 25.8 Å². The van der Waals surface area contributed by atoms with E-state index in [1.165, 1.54) is 12.8 Å². The fourth-order valence-corrected chi connectivity index (χ4v) is 1.60. The lowest BCUT2D eigenvalue weighted by molar-refractivity contribution is 0.759. The van der Waals surface area contributed by atoms with Gasteiger partial charge in [-0.15, -0.1) is 11.6 Å². The minimum atomic E-state index is 0.492. The van der Waals surface area contributed by atoms with Crippen LogP contribution < -0.4 is 0 Å². The molecular formula is C10H13ClN2. The highest BCUT2D eigenvalue weighted by Crippen LogP contribution is 2.31. The van der Waals surface area contributed by atoms with Gasteiger partial charge in [-0.2, -0.15) is 0 Å². The summed E-state index contributed by atoms with van der Waals surface area (Å²) < 4.78 is 0. The summed E-state index contributed by atoms with van der Waals surface area (Å²) in [5, 5.41) is 0. The molecule has 13 heavy (non-hydrogen) atoms. The van der Waals surface area contributed by atoms with Gasteiger partial charge in [0, 0.05) is 12.6 Å². The highest BCUT2D eigenvalue weighted by atomic mass is 35.5. The first-order valence-corrected chi connectivity index (χ1v) is 5.20. The number of aryl methyl sites for hydroxylation is 1. The second-order valence-corrected chi connectivity index (χ2v) is 3.96. The monoisotopic (exact) mass is 196 g/mol. The fraction of sp³-hybridized carbons (Fsp3) is 0.600. The average molecular weight is 197 g/mol. The van der Waals surface area contributed by atoms with E-state index >= 15 is 0 Å². The smallest absolute Gasteiger partial charge is 0.128 e. The molecule has 0 spiro atoms. The highest BCUT2D eigenvalue weighted by molar-refractivity contribution is 6.16. The molecule has 2 nitrogen and oxygen atoms in total. The minimum Gasteiger partial charge on any atom is -0.241 e. The standard InChI is InChI=1S/C10H13ClN2/c1-7-6-12-10(4-8-2-3-8)13-9(7)5-11/h6,8H,2-5H2,1H3. The molecule has 0 aliphatic heterocycles. The summed E-state index contributed by atoms with van der Waals surface area (Å²) in [6, 6.07) is 0. The lowest BCUT2D eigenvalue weighted by Gasteiger charge is -2.03. The Morgan fingerprint density at radius 1 is 1.54 bits per heavy atom. The molecule has 0 aromatic carbocycles. The maximum absolute atomic E-state index is 5.77. The van der Waals surface area contributed by atoms with Crippen LogP contribution in [0, 0.1) is 12.8 Å². The summed E-state index contributed by atoms with van der Waals surface area (Å²) in [6.07, 6.45) is 5.59. The Kier molecular flexibility index (Phi) is 2.49. The zero-order chi connectivity index (χ0) is 9.26. The number of alkyl halides is 1. The van der Waals surface area contributed by atoms with E-state index in [0.29, 0.717) is 5.88 Å². The molecule has 70 valence electrons. The number of nitrogens with zero attached hydrogens (tertiary/aromatic N) is 2. The molecule has 0 atom stereocenters. The van der Waals surface area contributed by atoms with E-state index in [1.54, 1.807) is 0 Å². The van der Waals surface area contributed by atoms with Crippen molar-refractivity contribution in [2.45, 2.75) is 32.1 Å². The Hall–Kier alpha value is -0.630. The van der Waals surface area contributed by atoms with Gasteiger partial charge in [-0.25, -0.2) is 9.97 Å². The van der Waals surface area contributed by atoms with Crippen LogP contribution in [0.15, 0.2) is 6.20 Å². The Balaban J connectivity index is 2.16. The third-order valence-corrected chi connectivity index (χ3v) is 2.67. The SMILES string of the molecule is Cc1cnc(CC2CC2)nc1CCl. The number of halogens is 1. The lowest BCUT2D eigenvalue weighted by atomic mass is 10.2. The van der Waals surface area contributed by atoms with Crippen molar-refractivity contribution in [1.29, 1.82) is 0 Å². The molecule has 0 N–H and O–H groups in total. The molecule has 0 saturated heterocycles. The predicted octanol–water partition coefficient (Wildman–Crippen LogP) is 2.48. The maximum Gasteiger partial charge on any atom is 0.128 e. The molecule has 1 saturated carbocycles. The first-order valence-electron chi connectivity index (χ1n) is 4.67. The normalized spacial score (nSPS) is 16.2. The van der Waals surface area contributed by atoms with Gasteiger partial charge in [-0.3, -0.25) is 0 Å². The largest absolute Gasteiger partial charge is 0.241 e. The molecule has 0 bridgehead atoms. The summed E-state index contributed by atoms with van der Waals surface area (Å²) in [5.41, 5.74) is 2.07. The van der Waals surface area contributed by atoms with Gasteiger partial charge in [0.15, 0.2) is 0 Å². The molecule has 1 aromatic rings. The average Bonchev–Trinajstić information content (AvgIpc) is 2.92. The molecule has 0 radical (unpaired) electrons. The summed E-state index contributed by atoms with van der Waals surface area (Å²) in [7, 11) is 0. The number of rotatable bonds is 3. The molecule has 1 fully saturated rings. The van der Waals surface area contributed by atoms with Gasteiger partial charge < -0.3 is 0 Å². The third-order valence-electron chi connectivity index (χ3n) is 2.42. The maximum atomic E-state index is 5.77. The summed E-state index contributed by atoms with van der Waals surface area (Å²) in [4.78, 5) is 8.73. The summed E-state index contributed by atoms with van der Waals surface area (Å²) in [5.74, 6) is 2.29. The Morgan fingerprint density at radius 3 is 2.92 bits per heavy atom. The quantitative estimate of drug-likeness (QED) is 0.695. The van der Waals surface area contributed by atoms with E-state index in [0.717, 1.165) is 29.4 Å². The number of aromatic nitrogens is 2. The van der Waals surface area contributed by atoms with Gasteiger partial charge in [-0.1, -0.05) is 0 Å². The van der Waals surface area contributed by atoms with Crippen LogP contribution in [0.3, 0.4) is 0 Å². The fourth-order valence-electron chi connectivity index (χ4n) is 1.33. The zero-order valence-corrected chi connectivity index (χ0v) is 8.51. The van der Waals surface area contributed by atoms with Crippen LogP contribution in [0.25, 0.3) is 0 Å². The molecule has 0 unspecified atom stereocenters. The molecule has 1 aliphatic rings. The van der Waals surface area contributed by atoms with Gasteiger partial charge in [0.1, 0.15) is 5.82 Å². The van der Waals surface area contributed by atoms with Crippen molar-refractivity contribution in [2.75, 3.05) is 0 Å². The molecule has 2 rings (SSSR count). The van der Waals surface area contributed by atoms with Crippen molar-refractivity contribution in [3.05, 3.63) is 23.3 Å². The number of hydrogen-bond acceptors (Lipinski definition) is 2. The van der Waals surface area contributed by atoms with E-state index in [2.05, 4.69) is 9.97 Å².